The van der Waals surface area contributed by atoms with E-state index in [1.54, 1.807) is 6.33 Å². The van der Waals surface area contributed by atoms with E-state index in [-0.39, 0.29) is 0 Å². The number of rotatable bonds is 4. The van der Waals surface area contributed by atoms with Crippen molar-refractivity contribution < 1.29 is 0 Å². The quantitative estimate of drug-likeness (QED) is 0.733. The van der Waals surface area contributed by atoms with Gasteiger partial charge in [0.2, 0.25) is 0 Å². The molecule has 1 saturated heterocycles. The molecular formula is C17H19N7. The lowest BCUT2D eigenvalue weighted by Crippen LogP contribution is -2.46. The number of hydrogen-bond acceptors (Lipinski definition) is 6. The van der Waals surface area contributed by atoms with E-state index in [1.165, 1.54) is 18.4 Å². The van der Waals surface area contributed by atoms with Gasteiger partial charge < -0.3 is 9.47 Å². The molecule has 3 aromatic rings. The van der Waals surface area contributed by atoms with Gasteiger partial charge in [-0.15, -0.1) is 0 Å². The number of hydrogen-bond donors (Lipinski definition) is 0. The maximum absolute atomic E-state index is 4.58. The van der Waals surface area contributed by atoms with Crippen molar-refractivity contribution in [2.45, 2.75) is 38.1 Å². The molecule has 24 heavy (non-hydrogen) atoms. The highest BCUT2D eigenvalue weighted by Gasteiger charge is 2.33. The SMILES string of the molecule is CCn1cnc2c(N3CC(c4ncc(C5CC5)cn4)C3)ncnc21. The topological polar surface area (TPSA) is 72.6 Å². The number of aryl methyl sites for hydroxylation is 1. The van der Waals surface area contributed by atoms with Gasteiger partial charge in [0.15, 0.2) is 17.0 Å². The van der Waals surface area contributed by atoms with Gasteiger partial charge >= 0.3 is 0 Å². The van der Waals surface area contributed by atoms with E-state index >= 15 is 0 Å². The van der Waals surface area contributed by atoms with Crippen LogP contribution < -0.4 is 4.90 Å². The van der Waals surface area contributed by atoms with Crippen molar-refractivity contribution in [2.24, 2.45) is 0 Å². The molecule has 3 aromatic heterocycles. The van der Waals surface area contributed by atoms with Crippen LogP contribution in [-0.4, -0.2) is 42.6 Å². The summed E-state index contributed by atoms with van der Waals surface area (Å²) in [6.45, 7) is 4.71. The average molecular weight is 321 g/mol. The zero-order valence-corrected chi connectivity index (χ0v) is 13.6. The van der Waals surface area contributed by atoms with Crippen molar-refractivity contribution >= 4 is 17.0 Å². The fourth-order valence-corrected chi connectivity index (χ4v) is 3.33. The Balaban J connectivity index is 1.35. The standard InChI is InChI=1S/C17H19N7/c1-2-23-10-22-14-16(23)20-9-21-17(14)24-7-13(8-24)15-18-5-12(6-19-15)11-3-4-11/h5-6,9-11,13H,2-4,7-8H2,1H3. The number of imidazole rings is 1. The molecule has 0 amide bonds. The number of fused-ring (bicyclic) bond motifs is 1. The smallest absolute Gasteiger partial charge is 0.165 e. The minimum absolute atomic E-state index is 0.372. The third-order valence-corrected chi connectivity index (χ3v) is 5.01. The lowest BCUT2D eigenvalue weighted by Gasteiger charge is -2.39. The van der Waals surface area contributed by atoms with Gasteiger partial charge in [-0.05, 0) is 31.2 Å². The van der Waals surface area contributed by atoms with Crippen LogP contribution in [0.3, 0.4) is 0 Å². The summed E-state index contributed by atoms with van der Waals surface area (Å²) in [6.07, 6.45) is 10.0. The molecule has 122 valence electrons. The fraction of sp³-hybridized carbons (Fsp3) is 0.471. The highest BCUT2D eigenvalue weighted by molar-refractivity contribution is 5.83. The lowest BCUT2D eigenvalue weighted by atomic mass is 9.99. The van der Waals surface area contributed by atoms with E-state index in [9.17, 15) is 0 Å². The number of aromatic nitrogens is 6. The maximum atomic E-state index is 4.58. The molecule has 0 N–H and O–H groups in total. The monoisotopic (exact) mass is 321 g/mol. The van der Waals surface area contributed by atoms with Crippen molar-refractivity contribution in [2.75, 3.05) is 18.0 Å². The Morgan fingerprint density at radius 1 is 1.00 bits per heavy atom. The van der Waals surface area contributed by atoms with Gasteiger partial charge in [0, 0.05) is 32.0 Å². The van der Waals surface area contributed by atoms with Gasteiger partial charge in [-0.2, -0.15) is 0 Å². The van der Waals surface area contributed by atoms with E-state index in [2.05, 4.69) is 36.7 Å². The molecule has 2 fully saturated rings. The van der Waals surface area contributed by atoms with Gasteiger partial charge in [0.05, 0.1) is 12.2 Å². The van der Waals surface area contributed by atoms with Crippen LogP contribution in [0.15, 0.2) is 25.0 Å². The van der Waals surface area contributed by atoms with Crippen molar-refractivity contribution in [1.82, 2.24) is 29.5 Å². The van der Waals surface area contributed by atoms with Gasteiger partial charge in [-0.25, -0.2) is 24.9 Å². The molecule has 0 spiro atoms. The minimum atomic E-state index is 0.372. The van der Waals surface area contributed by atoms with Crippen molar-refractivity contribution in [3.63, 3.8) is 0 Å². The predicted molar refractivity (Wildman–Crippen MR) is 90.0 cm³/mol. The highest BCUT2D eigenvalue weighted by Crippen LogP contribution is 2.39. The zero-order chi connectivity index (χ0) is 16.1. The first kappa shape index (κ1) is 13.8. The molecule has 0 atom stereocenters. The number of nitrogens with zero attached hydrogens (tertiary/aromatic N) is 7. The fourth-order valence-electron chi connectivity index (χ4n) is 3.33. The summed E-state index contributed by atoms with van der Waals surface area (Å²) in [4.78, 5) is 24.7. The van der Waals surface area contributed by atoms with Crippen LogP contribution >= 0.6 is 0 Å². The van der Waals surface area contributed by atoms with Crippen LogP contribution in [0.5, 0.6) is 0 Å². The molecular weight excluding hydrogens is 302 g/mol. The second-order valence-corrected chi connectivity index (χ2v) is 6.65. The lowest BCUT2D eigenvalue weighted by molar-refractivity contribution is 0.496. The Hall–Kier alpha value is -2.57. The molecule has 0 unspecified atom stereocenters. The Labute approximate surface area is 139 Å². The molecule has 4 heterocycles. The Bertz CT molecular complexity index is 876. The molecule has 0 radical (unpaired) electrons. The molecule has 7 nitrogen and oxygen atoms in total. The van der Waals surface area contributed by atoms with Crippen LogP contribution in [0.1, 0.15) is 43.0 Å². The molecule has 2 aliphatic rings. The van der Waals surface area contributed by atoms with Crippen LogP contribution in [0.25, 0.3) is 11.2 Å². The summed E-state index contributed by atoms with van der Waals surface area (Å²) in [6, 6.07) is 0. The minimum Gasteiger partial charge on any atom is -0.353 e. The first-order valence-electron chi connectivity index (χ1n) is 8.56. The molecule has 1 aliphatic heterocycles. The molecule has 0 bridgehead atoms. The highest BCUT2D eigenvalue weighted by atomic mass is 15.3. The van der Waals surface area contributed by atoms with E-state index in [0.29, 0.717) is 11.8 Å². The van der Waals surface area contributed by atoms with E-state index in [0.717, 1.165) is 42.4 Å². The van der Waals surface area contributed by atoms with Crippen molar-refractivity contribution in [3.8, 4) is 0 Å². The summed E-state index contributed by atoms with van der Waals surface area (Å²) in [7, 11) is 0. The third kappa shape index (κ3) is 2.15. The molecule has 1 aliphatic carbocycles. The largest absolute Gasteiger partial charge is 0.353 e. The average Bonchev–Trinajstić information content (AvgIpc) is 3.34. The van der Waals surface area contributed by atoms with Crippen LogP contribution in [-0.2, 0) is 6.54 Å². The normalized spacial score (nSPS) is 18.1. The van der Waals surface area contributed by atoms with Gasteiger partial charge in [0.25, 0.3) is 0 Å². The summed E-state index contributed by atoms with van der Waals surface area (Å²) in [5, 5.41) is 0. The van der Waals surface area contributed by atoms with E-state index in [4.69, 9.17) is 0 Å². The van der Waals surface area contributed by atoms with E-state index < -0.39 is 0 Å². The van der Waals surface area contributed by atoms with Gasteiger partial charge in [-0.3, -0.25) is 0 Å². The third-order valence-electron chi connectivity index (χ3n) is 5.01. The summed E-state index contributed by atoms with van der Waals surface area (Å²) in [5.74, 6) is 2.94. The maximum Gasteiger partial charge on any atom is 0.165 e. The van der Waals surface area contributed by atoms with Gasteiger partial charge in [-0.1, -0.05) is 0 Å². The molecule has 0 aromatic carbocycles. The van der Waals surface area contributed by atoms with Crippen molar-refractivity contribution in [1.29, 1.82) is 0 Å². The van der Waals surface area contributed by atoms with Crippen molar-refractivity contribution in [3.05, 3.63) is 36.4 Å². The van der Waals surface area contributed by atoms with E-state index in [1.807, 2.05) is 23.3 Å². The summed E-state index contributed by atoms with van der Waals surface area (Å²) >= 11 is 0. The zero-order valence-electron chi connectivity index (χ0n) is 13.6. The van der Waals surface area contributed by atoms with Crippen LogP contribution in [0.2, 0.25) is 0 Å². The Morgan fingerprint density at radius 2 is 1.79 bits per heavy atom. The summed E-state index contributed by atoms with van der Waals surface area (Å²) < 4.78 is 2.04. The second kappa shape index (κ2) is 5.22. The Morgan fingerprint density at radius 3 is 2.50 bits per heavy atom. The first-order valence-corrected chi connectivity index (χ1v) is 8.56. The molecule has 7 heteroatoms. The molecule has 5 rings (SSSR count). The van der Waals surface area contributed by atoms with Gasteiger partial charge in [0.1, 0.15) is 12.2 Å². The first-order chi connectivity index (χ1) is 11.8. The number of anilines is 1. The van der Waals surface area contributed by atoms with Crippen LogP contribution in [0.4, 0.5) is 5.82 Å². The predicted octanol–water partition coefficient (Wildman–Crippen LogP) is 2.12. The Kier molecular flexibility index (Phi) is 3.01. The second-order valence-electron chi connectivity index (χ2n) is 6.65. The molecule has 1 saturated carbocycles. The summed E-state index contributed by atoms with van der Waals surface area (Å²) in [5.41, 5.74) is 3.07. The van der Waals surface area contributed by atoms with Crippen LogP contribution in [0, 0.1) is 0 Å².